The van der Waals surface area contributed by atoms with Gasteiger partial charge in [0, 0.05) is 11.7 Å². The van der Waals surface area contributed by atoms with E-state index in [0.29, 0.717) is 12.8 Å². The topological polar surface area (TPSA) is 135 Å². The summed E-state index contributed by atoms with van der Waals surface area (Å²) in [6.07, 6.45) is 2.30. The molecule has 108 valence electrons. The first-order chi connectivity index (χ1) is 7.99. The molecule has 1 rings (SSSR count). The first-order valence-electron chi connectivity index (χ1n) is 5.51. The van der Waals surface area contributed by atoms with Crippen molar-refractivity contribution < 1.29 is 33.8 Å². The maximum absolute atomic E-state index is 11.2. The van der Waals surface area contributed by atoms with Crippen molar-refractivity contribution >= 4 is 27.8 Å². The zero-order valence-electron chi connectivity index (χ0n) is 9.58. The average molecular weight is 320 g/mol. The lowest BCUT2D eigenvalue weighted by Gasteiger charge is -2.36. The molecule has 0 aliphatic heterocycles. The second-order valence-corrected chi connectivity index (χ2v) is 9.35. The summed E-state index contributed by atoms with van der Waals surface area (Å²) in [4.78, 5) is 36.1. The second-order valence-electron chi connectivity index (χ2n) is 4.68. The molecule has 0 aromatic carbocycles. The SMILES string of the molecule is O=P(O)(O)C(O)(CC1CCCCC1S)P(=O)(O)O. The predicted molar refractivity (Wildman–Crippen MR) is 68.4 cm³/mol. The minimum Gasteiger partial charge on any atom is -0.368 e. The van der Waals surface area contributed by atoms with Gasteiger partial charge in [-0.3, -0.25) is 9.13 Å². The van der Waals surface area contributed by atoms with Crippen LogP contribution in [-0.4, -0.2) is 35.0 Å². The van der Waals surface area contributed by atoms with Crippen molar-refractivity contribution in [3.05, 3.63) is 0 Å². The first-order valence-corrected chi connectivity index (χ1v) is 9.25. The highest BCUT2D eigenvalue weighted by molar-refractivity contribution is 7.81. The lowest BCUT2D eigenvalue weighted by Crippen LogP contribution is -2.35. The van der Waals surface area contributed by atoms with E-state index < -0.39 is 32.6 Å². The summed E-state index contributed by atoms with van der Waals surface area (Å²) >= 11 is 4.24. The highest BCUT2D eigenvalue weighted by Crippen LogP contribution is 2.70. The summed E-state index contributed by atoms with van der Waals surface area (Å²) in [5, 5.41) is 6.27. The monoisotopic (exact) mass is 320 g/mol. The largest absolute Gasteiger partial charge is 0.369 e. The zero-order valence-corrected chi connectivity index (χ0v) is 12.3. The van der Waals surface area contributed by atoms with Crippen LogP contribution in [0.25, 0.3) is 0 Å². The van der Waals surface area contributed by atoms with Crippen molar-refractivity contribution in [2.75, 3.05) is 0 Å². The van der Waals surface area contributed by atoms with E-state index >= 15 is 0 Å². The van der Waals surface area contributed by atoms with Crippen molar-refractivity contribution in [1.29, 1.82) is 0 Å². The highest BCUT2D eigenvalue weighted by Gasteiger charge is 2.60. The number of aliphatic hydroxyl groups is 1. The summed E-state index contributed by atoms with van der Waals surface area (Å²) in [5.41, 5.74) is 0. The molecule has 7 nitrogen and oxygen atoms in total. The van der Waals surface area contributed by atoms with Crippen LogP contribution in [0, 0.1) is 5.92 Å². The molecule has 1 saturated carbocycles. The summed E-state index contributed by atoms with van der Waals surface area (Å²) in [7, 11) is -10.7. The van der Waals surface area contributed by atoms with Crippen LogP contribution in [-0.2, 0) is 9.13 Å². The Morgan fingerprint density at radius 3 is 1.89 bits per heavy atom. The van der Waals surface area contributed by atoms with Gasteiger partial charge in [-0.15, -0.1) is 0 Å². The molecule has 1 aliphatic rings. The molecule has 1 fully saturated rings. The lowest BCUT2D eigenvalue weighted by atomic mass is 9.86. The molecule has 0 radical (unpaired) electrons. The van der Waals surface area contributed by atoms with E-state index in [1.165, 1.54) is 0 Å². The summed E-state index contributed by atoms with van der Waals surface area (Å²) < 4.78 is 22.4. The molecule has 0 bridgehead atoms. The van der Waals surface area contributed by atoms with Crippen molar-refractivity contribution in [2.24, 2.45) is 5.92 Å². The van der Waals surface area contributed by atoms with Crippen LogP contribution in [0.4, 0.5) is 0 Å². The fraction of sp³-hybridized carbons (Fsp3) is 1.00. The minimum atomic E-state index is -5.34. The number of rotatable bonds is 4. The molecular weight excluding hydrogens is 302 g/mol. The summed E-state index contributed by atoms with van der Waals surface area (Å²) in [6, 6.07) is 0. The van der Waals surface area contributed by atoms with E-state index in [-0.39, 0.29) is 5.25 Å². The van der Waals surface area contributed by atoms with Crippen LogP contribution in [0.3, 0.4) is 0 Å². The van der Waals surface area contributed by atoms with E-state index in [9.17, 15) is 14.2 Å². The molecule has 0 saturated heterocycles. The lowest BCUT2D eigenvalue weighted by molar-refractivity contribution is 0.100. The molecule has 1 aliphatic carbocycles. The van der Waals surface area contributed by atoms with Crippen LogP contribution in [0.2, 0.25) is 0 Å². The Morgan fingerprint density at radius 2 is 1.50 bits per heavy atom. The van der Waals surface area contributed by atoms with Gasteiger partial charge in [0.2, 0.25) is 0 Å². The van der Waals surface area contributed by atoms with Gasteiger partial charge in [-0.1, -0.05) is 12.8 Å². The molecule has 0 aromatic rings. The molecule has 2 atom stereocenters. The number of hydrogen-bond donors (Lipinski definition) is 6. The van der Waals surface area contributed by atoms with Crippen LogP contribution >= 0.6 is 27.8 Å². The van der Waals surface area contributed by atoms with Crippen molar-refractivity contribution in [2.45, 2.75) is 42.4 Å². The maximum Gasteiger partial charge on any atom is 0.369 e. The molecule has 10 heteroatoms. The average Bonchev–Trinajstić information content (AvgIpc) is 2.18. The normalized spacial score (nSPS) is 27.2. The molecule has 5 N–H and O–H groups in total. The summed E-state index contributed by atoms with van der Waals surface area (Å²) in [6.45, 7) is 0. The third kappa shape index (κ3) is 3.38. The van der Waals surface area contributed by atoms with E-state index in [1.807, 2.05) is 0 Å². The van der Waals surface area contributed by atoms with Crippen molar-refractivity contribution in [3.63, 3.8) is 0 Å². The molecule has 0 amide bonds. The molecular formula is C8H18O7P2S. The Kier molecular flexibility index (Phi) is 5.13. The van der Waals surface area contributed by atoms with Gasteiger partial charge in [0.05, 0.1) is 0 Å². The molecule has 0 aromatic heterocycles. The quantitative estimate of drug-likeness (QED) is 0.334. The van der Waals surface area contributed by atoms with Gasteiger partial charge in [-0.05, 0) is 18.8 Å². The smallest absolute Gasteiger partial charge is 0.368 e. The van der Waals surface area contributed by atoms with Crippen LogP contribution < -0.4 is 0 Å². The first kappa shape index (κ1) is 16.7. The Bertz CT molecular complexity index is 367. The van der Waals surface area contributed by atoms with E-state index in [2.05, 4.69) is 12.6 Å². The number of hydrogen-bond acceptors (Lipinski definition) is 4. The van der Waals surface area contributed by atoms with E-state index in [4.69, 9.17) is 19.6 Å². The Morgan fingerprint density at radius 1 is 1.06 bits per heavy atom. The second kappa shape index (κ2) is 5.54. The molecule has 0 heterocycles. The fourth-order valence-electron chi connectivity index (χ4n) is 2.19. The van der Waals surface area contributed by atoms with Crippen LogP contribution in [0.15, 0.2) is 0 Å². The Balaban J connectivity index is 3.00. The van der Waals surface area contributed by atoms with Gasteiger partial charge < -0.3 is 24.7 Å². The molecule has 18 heavy (non-hydrogen) atoms. The zero-order chi connectivity index (χ0) is 14.2. The van der Waals surface area contributed by atoms with Gasteiger partial charge >= 0.3 is 15.2 Å². The third-order valence-electron chi connectivity index (χ3n) is 3.34. The Hall–Kier alpha value is 0.610. The van der Waals surface area contributed by atoms with Crippen molar-refractivity contribution in [3.8, 4) is 0 Å². The van der Waals surface area contributed by atoms with Gasteiger partial charge in [0.1, 0.15) is 0 Å². The van der Waals surface area contributed by atoms with Crippen molar-refractivity contribution in [1.82, 2.24) is 0 Å². The standard InChI is InChI=1S/C8H18O7P2S/c9-8(16(10,11)12,17(13,14)15)5-6-3-1-2-4-7(6)18/h6-7,9,18H,1-5H2,(H2,10,11,12)(H2,13,14,15). The van der Waals surface area contributed by atoms with Gasteiger partial charge in [-0.2, -0.15) is 12.6 Å². The number of thiol groups is 1. The highest BCUT2D eigenvalue weighted by atomic mass is 32.1. The maximum atomic E-state index is 11.2. The minimum absolute atomic E-state index is 0.219. The molecule has 2 unspecified atom stereocenters. The van der Waals surface area contributed by atoms with E-state index in [0.717, 1.165) is 12.8 Å². The van der Waals surface area contributed by atoms with Crippen LogP contribution in [0.5, 0.6) is 0 Å². The van der Waals surface area contributed by atoms with Gasteiger partial charge in [0.15, 0.2) is 0 Å². The van der Waals surface area contributed by atoms with E-state index in [1.54, 1.807) is 0 Å². The van der Waals surface area contributed by atoms with Crippen LogP contribution in [0.1, 0.15) is 32.1 Å². The van der Waals surface area contributed by atoms with Gasteiger partial charge in [-0.25, -0.2) is 0 Å². The fourth-order valence-corrected chi connectivity index (χ4v) is 4.92. The Labute approximate surface area is 110 Å². The van der Waals surface area contributed by atoms with Gasteiger partial charge in [0.25, 0.3) is 5.08 Å². The molecule has 0 spiro atoms. The summed E-state index contributed by atoms with van der Waals surface area (Å²) in [5.74, 6) is -0.424. The predicted octanol–water partition coefficient (Wildman–Crippen LogP) is 0.867. The third-order valence-corrected chi connectivity index (χ3v) is 7.81.